The van der Waals surface area contributed by atoms with Gasteiger partial charge in [0.25, 0.3) is 5.91 Å². The summed E-state index contributed by atoms with van der Waals surface area (Å²) < 4.78 is 0.677. The van der Waals surface area contributed by atoms with Gasteiger partial charge in [-0.25, -0.2) is 4.98 Å². The number of carboxylic acids is 1. The van der Waals surface area contributed by atoms with Crippen LogP contribution in [0, 0.1) is 11.8 Å². The average Bonchev–Trinajstić information content (AvgIpc) is 3.16. The smallest absolute Gasteiger partial charge is 0.308 e. The number of carbonyl (C=O) groups is 2. The minimum atomic E-state index is -0.852. The Kier molecular flexibility index (Phi) is 4.20. The number of carboxylic acid groups (broad SMARTS) is 1. The largest absolute Gasteiger partial charge is 0.481 e. The Morgan fingerprint density at radius 1 is 1.41 bits per heavy atom. The van der Waals surface area contributed by atoms with E-state index in [9.17, 15) is 9.59 Å². The Labute approximate surface area is 140 Å². The molecular weight excluding hydrogens is 344 g/mol. The molecular formula is C14H13ClN2O3S2. The second-order valence-electron chi connectivity index (χ2n) is 5.27. The normalized spacial score (nSPS) is 21.3. The van der Waals surface area contributed by atoms with Crippen molar-refractivity contribution in [1.29, 1.82) is 0 Å². The van der Waals surface area contributed by atoms with E-state index in [0.29, 0.717) is 16.6 Å². The van der Waals surface area contributed by atoms with Crippen molar-refractivity contribution in [2.24, 2.45) is 11.8 Å². The summed E-state index contributed by atoms with van der Waals surface area (Å²) in [5.41, 5.74) is 0.364. The van der Waals surface area contributed by atoms with Gasteiger partial charge in [-0.05, 0) is 18.1 Å². The van der Waals surface area contributed by atoms with Crippen LogP contribution in [0.25, 0.3) is 9.88 Å². The van der Waals surface area contributed by atoms with Gasteiger partial charge in [0.15, 0.2) is 0 Å². The third-order valence-corrected chi connectivity index (χ3v) is 5.97. The van der Waals surface area contributed by atoms with Crippen LogP contribution in [-0.2, 0) is 4.79 Å². The zero-order valence-electron chi connectivity index (χ0n) is 11.7. The molecule has 0 spiro atoms. The van der Waals surface area contributed by atoms with Gasteiger partial charge >= 0.3 is 5.97 Å². The summed E-state index contributed by atoms with van der Waals surface area (Å²) in [5.74, 6) is -1.61. The van der Waals surface area contributed by atoms with Gasteiger partial charge in [-0.2, -0.15) is 0 Å². The van der Waals surface area contributed by atoms with E-state index in [2.05, 4.69) is 4.98 Å². The van der Waals surface area contributed by atoms with Crippen molar-refractivity contribution in [3.05, 3.63) is 27.5 Å². The van der Waals surface area contributed by atoms with E-state index < -0.39 is 11.9 Å². The number of amides is 1. The lowest BCUT2D eigenvalue weighted by Crippen LogP contribution is -2.30. The zero-order valence-corrected chi connectivity index (χ0v) is 14.0. The number of hydrogen-bond donors (Lipinski definition) is 1. The Morgan fingerprint density at radius 2 is 2.18 bits per heavy atom. The van der Waals surface area contributed by atoms with Crippen LogP contribution in [0.3, 0.4) is 0 Å². The van der Waals surface area contributed by atoms with Gasteiger partial charge in [0.1, 0.15) is 10.7 Å². The number of rotatable bonds is 3. The number of hydrogen-bond acceptors (Lipinski definition) is 5. The fourth-order valence-corrected chi connectivity index (χ4v) is 4.44. The van der Waals surface area contributed by atoms with Gasteiger partial charge in [0, 0.05) is 18.5 Å². The monoisotopic (exact) mass is 356 g/mol. The second kappa shape index (κ2) is 5.98. The van der Waals surface area contributed by atoms with E-state index >= 15 is 0 Å². The fraction of sp³-hybridized carbons (Fsp3) is 0.357. The molecule has 1 aliphatic heterocycles. The minimum absolute atomic E-state index is 0.0457. The van der Waals surface area contributed by atoms with Crippen molar-refractivity contribution < 1.29 is 14.7 Å². The molecule has 0 bridgehead atoms. The van der Waals surface area contributed by atoms with E-state index in [0.717, 1.165) is 9.88 Å². The molecule has 0 unspecified atom stereocenters. The van der Waals surface area contributed by atoms with E-state index in [-0.39, 0.29) is 18.4 Å². The Morgan fingerprint density at radius 3 is 2.77 bits per heavy atom. The van der Waals surface area contributed by atoms with Crippen molar-refractivity contribution in [2.45, 2.75) is 6.92 Å². The fourth-order valence-electron chi connectivity index (χ4n) is 2.53. The standard InChI is InChI=1S/C14H13ClN2O3S2/c1-7-4-17(5-8(7)14(19)20)13(18)9-6-21-12(16-9)10-2-3-11(15)22-10/h2-3,6-8H,4-5H2,1H3,(H,19,20)/t7-,8-/m1/s1. The summed E-state index contributed by atoms with van der Waals surface area (Å²) in [7, 11) is 0. The molecule has 2 aromatic heterocycles. The first kappa shape index (κ1) is 15.5. The summed E-state index contributed by atoms with van der Waals surface area (Å²) >= 11 is 8.71. The van der Waals surface area contributed by atoms with Crippen LogP contribution >= 0.6 is 34.3 Å². The highest BCUT2D eigenvalue weighted by Gasteiger charge is 2.37. The molecule has 3 heterocycles. The maximum atomic E-state index is 12.5. The quantitative estimate of drug-likeness (QED) is 0.915. The molecule has 8 heteroatoms. The molecule has 1 saturated heterocycles. The molecule has 0 aliphatic carbocycles. The van der Waals surface area contributed by atoms with E-state index in [1.165, 1.54) is 22.7 Å². The molecule has 3 rings (SSSR count). The highest BCUT2D eigenvalue weighted by molar-refractivity contribution is 7.23. The molecule has 0 radical (unpaired) electrons. The first-order chi connectivity index (χ1) is 10.5. The first-order valence-corrected chi connectivity index (χ1v) is 8.76. The number of aromatic nitrogens is 1. The van der Waals surface area contributed by atoms with Crippen LogP contribution < -0.4 is 0 Å². The topological polar surface area (TPSA) is 70.5 Å². The van der Waals surface area contributed by atoms with Crippen LogP contribution in [0.5, 0.6) is 0 Å². The molecule has 1 N–H and O–H groups in total. The van der Waals surface area contributed by atoms with Gasteiger partial charge < -0.3 is 10.0 Å². The van der Waals surface area contributed by atoms with Crippen LogP contribution in [0.2, 0.25) is 4.34 Å². The lowest BCUT2D eigenvalue weighted by Gasteiger charge is -2.13. The van der Waals surface area contributed by atoms with Crippen LogP contribution in [0.15, 0.2) is 17.5 Å². The Hall–Kier alpha value is -1.44. The molecule has 116 valence electrons. The second-order valence-corrected chi connectivity index (χ2v) is 7.85. The molecule has 22 heavy (non-hydrogen) atoms. The SMILES string of the molecule is C[C@@H]1CN(C(=O)c2csc(-c3ccc(Cl)s3)n2)C[C@H]1C(=O)O. The number of thiazole rings is 1. The number of likely N-dealkylation sites (tertiary alicyclic amines) is 1. The molecule has 1 fully saturated rings. The van der Waals surface area contributed by atoms with E-state index in [1.807, 2.05) is 13.0 Å². The predicted molar refractivity (Wildman–Crippen MR) is 86.6 cm³/mol. The van der Waals surface area contributed by atoms with Crippen molar-refractivity contribution in [2.75, 3.05) is 13.1 Å². The summed E-state index contributed by atoms with van der Waals surface area (Å²) in [6.07, 6.45) is 0. The van der Waals surface area contributed by atoms with Gasteiger partial charge in [-0.15, -0.1) is 22.7 Å². The number of carbonyl (C=O) groups excluding carboxylic acids is 1. The summed E-state index contributed by atoms with van der Waals surface area (Å²) in [6.45, 7) is 2.55. The molecule has 1 amide bonds. The Balaban J connectivity index is 1.76. The maximum absolute atomic E-state index is 12.5. The average molecular weight is 357 g/mol. The minimum Gasteiger partial charge on any atom is -0.481 e. The highest BCUT2D eigenvalue weighted by atomic mass is 35.5. The number of aliphatic carboxylic acids is 1. The van der Waals surface area contributed by atoms with Gasteiger partial charge in [-0.3, -0.25) is 9.59 Å². The third-order valence-electron chi connectivity index (χ3n) is 3.72. The summed E-state index contributed by atoms with van der Waals surface area (Å²) in [5, 5.41) is 11.6. The molecule has 0 saturated carbocycles. The molecule has 5 nitrogen and oxygen atoms in total. The van der Waals surface area contributed by atoms with Crippen LogP contribution in [0.4, 0.5) is 0 Å². The predicted octanol–water partition coefficient (Wildman–Crippen LogP) is 3.32. The van der Waals surface area contributed by atoms with E-state index in [4.69, 9.17) is 16.7 Å². The van der Waals surface area contributed by atoms with Crippen molar-refractivity contribution in [3.8, 4) is 9.88 Å². The molecule has 0 aromatic carbocycles. The number of thiophene rings is 1. The lowest BCUT2D eigenvalue weighted by molar-refractivity contribution is -0.142. The van der Waals surface area contributed by atoms with Crippen molar-refractivity contribution in [1.82, 2.24) is 9.88 Å². The number of halogens is 1. The highest BCUT2D eigenvalue weighted by Crippen LogP contribution is 2.33. The molecule has 1 aliphatic rings. The Bertz CT molecular complexity index is 727. The van der Waals surface area contributed by atoms with Gasteiger partial charge in [-0.1, -0.05) is 18.5 Å². The van der Waals surface area contributed by atoms with Crippen LogP contribution in [-0.4, -0.2) is 40.0 Å². The summed E-state index contributed by atoms with van der Waals surface area (Å²) in [6, 6.07) is 3.67. The molecule has 2 atom stereocenters. The first-order valence-electron chi connectivity index (χ1n) is 6.69. The van der Waals surface area contributed by atoms with Crippen molar-refractivity contribution in [3.63, 3.8) is 0 Å². The van der Waals surface area contributed by atoms with E-state index in [1.54, 1.807) is 16.3 Å². The van der Waals surface area contributed by atoms with Crippen LogP contribution in [0.1, 0.15) is 17.4 Å². The number of nitrogens with zero attached hydrogens (tertiary/aromatic N) is 2. The lowest BCUT2D eigenvalue weighted by atomic mass is 9.99. The van der Waals surface area contributed by atoms with Gasteiger partial charge in [0.05, 0.1) is 15.1 Å². The zero-order chi connectivity index (χ0) is 15.9. The summed E-state index contributed by atoms with van der Waals surface area (Å²) in [4.78, 5) is 30.5. The van der Waals surface area contributed by atoms with Gasteiger partial charge in [0.2, 0.25) is 0 Å². The van der Waals surface area contributed by atoms with Crippen molar-refractivity contribution >= 4 is 46.2 Å². The maximum Gasteiger partial charge on any atom is 0.308 e. The molecule has 2 aromatic rings. The third kappa shape index (κ3) is 2.88.